The summed E-state index contributed by atoms with van der Waals surface area (Å²) < 4.78 is 0. The van der Waals surface area contributed by atoms with Gasteiger partial charge >= 0.3 is 0 Å². The number of carbonyl (C=O) groups is 1. The van der Waals surface area contributed by atoms with Crippen molar-refractivity contribution in [3.63, 3.8) is 0 Å². The van der Waals surface area contributed by atoms with Crippen LogP contribution in [0.25, 0.3) is 10.6 Å². The zero-order chi connectivity index (χ0) is 15.5. The SMILES string of the molecule is Cc1cc(C)cc(-c2nnc(NC(=O)C3CCNCC3)s2)c1.Cl. The lowest BCUT2D eigenvalue weighted by molar-refractivity contribution is -0.120. The molecule has 0 aliphatic carbocycles. The summed E-state index contributed by atoms with van der Waals surface area (Å²) in [7, 11) is 0. The van der Waals surface area contributed by atoms with Crippen molar-refractivity contribution in [2.75, 3.05) is 18.4 Å². The zero-order valence-corrected chi connectivity index (χ0v) is 14.9. The van der Waals surface area contributed by atoms with Crippen LogP contribution in [-0.2, 0) is 4.79 Å². The second kappa shape index (κ2) is 7.86. The maximum atomic E-state index is 12.2. The highest BCUT2D eigenvalue weighted by Crippen LogP contribution is 2.28. The van der Waals surface area contributed by atoms with Gasteiger partial charge in [-0.3, -0.25) is 4.79 Å². The molecule has 1 aliphatic rings. The van der Waals surface area contributed by atoms with E-state index in [0.717, 1.165) is 36.5 Å². The third-order valence-corrected chi connectivity index (χ3v) is 4.72. The molecule has 1 aromatic carbocycles. The second-order valence-corrected chi connectivity index (χ2v) is 6.78. The van der Waals surface area contributed by atoms with Crippen molar-refractivity contribution in [1.29, 1.82) is 0 Å². The average molecular weight is 353 g/mol. The molecule has 7 heteroatoms. The molecule has 2 N–H and O–H groups in total. The van der Waals surface area contributed by atoms with E-state index in [-0.39, 0.29) is 24.2 Å². The lowest BCUT2D eigenvalue weighted by Crippen LogP contribution is -2.34. The molecule has 2 heterocycles. The van der Waals surface area contributed by atoms with Crippen molar-refractivity contribution < 1.29 is 4.79 Å². The predicted octanol–water partition coefficient (Wildman–Crippen LogP) is 3.18. The minimum Gasteiger partial charge on any atom is -0.317 e. The Balaban J connectivity index is 0.00000192. The third-order valence-electron chi connectivity index (χ3n) is 3.83. The molecule has 1 saturated heterocycles. The first-order valence-electron chi connectivity index (χ1n) is 7.55. The number of hydrogen-bond acceptors (Lipinski definition) is 5. The summed E-state index contributed by atoms with van der Waals surface area (Å²) in [5.74, 6) is 0.138. The van der Waals surface area contributed by atoms with E-state index >= 15 is 0 Å². The maximum absolute atomic E-state index is 12.2. The Hall–Kier alpha value is -1.50. The molecule has 0 bridgehead atoms. The quantitative estimate of drug-likeness (QED) is 0.890. The van der Waals surface area contributed by atoms with Gasteiger partial charge in [-0.1, -0.05) is 28.5 Å². The van der Waals surface area contributed by atoms with E-state index in [1.165, 1.54) is 22.5 Å². The number of halogens is 1. The van der Waals surface area contributed by atoms with Crippen molar-refractivity contribution >= 4 is 34.8 Å². The third kappa shape index (κ3) is 4.50. The Labute approximate surface area is 146 Å². The Morgan fingerprint density at radius 3 is 2.48 bits per heavy atom. The lowest BCUT2D eigenvalue weighted by Gasteiger charge is -2.20. The van der Waals surface area contributed by atoms with Gasteiger partial charge in [-0.15, -0.1) is 22.6 Å². The summed E-state index contributed by atoms with van der Waals surface area (Å²) in [5.41, 5.74) is 3.45. The van der Waals surface area contributed by atoms with Crippen LogP contribution in [0.3, 0.4) is 0 Å². The van der Waals surface area contributed by atoms with Gasteiger partial charge in [-0.2, -0.15) is 0 Å². The molecule has 0 saturated carbocycles. The highest BCUT2D eigenvalue weighted by Gasteiger charge is 2.22. The number of amides is 1. The molecule has 0 atom stereocenters. The van der Waals surface area contributed by atoms with E-state index in [0.29, 0.717) is 5.13 Å². The number of nitrogens with one attached hydrogen (secondary N) is 2. The molecule has 0 radical (unpaired) electrons. The first-order valence-corrected chi connectivity index (χ1v) is 8.37. The molecule has 124 valence electrons. The van der Waals surface area contributed by atoms with E-state index in [9.17, 15) is 4.79 Å². The van der Waals surface area contributed by atoms with Crippen LogP contribution in [0.1, 0.15) is 24.0 Å². The predicted molar refractivity (Wildman–Crippen MR) is 96.3 cm³/mol. The van der Waals surface area contributed by atoms with Crippen LogP contribution in [0.2, 0.25) is 0 Å². The van der Waals surface area contributed by atoms with Gasteiger partial charge in [0.15, 0.2) is 0 Å². The van der Waals surface area contributed by atoms with Crippen LogP contribution < -0.4 is 10.6 Å². The Kier molecular flexibility index (Phi) is 6.10. The number of rotatable bonds is 3. The fourth-order valence-corrected chi connectivity index (χ4v) is 3.51. The fraction of sp³-hybridized carbons (Fsp3) is 0.438. The van der Waals surface area contributed by atoms with Crippen LogP contribution >= 0.6 is 23.7 Å². The molecule has 3 rings (SSSR count). The number of carbonyl (C=O) groups excluding carboxylic acids is 1. The molecule has 0 unspecified atom stereocenters. The molecular weight excluding hydrogens is 332 g/mol. The van der Waals surface area contributed by atoms with E-state index in [1.54, 1.807) is 0 Å². The van der Waals surface area contributed by atoms with Crippen LogP contribution in [0.4, 0.5) is 5.13 Å². The van der Waals surface area contributed by atoms with Crippen LogP contribution in [0, 0.1) is 19.8 Å². The number of hydrogen-bond donors (Lipinski definition) is 2. The van der Waals surface area contributed by atoms with Crippen molar-refractivity contribution in [3.8, 4) is 10.6 Å². The van der Waals surface area contributed by atoms with Gasteiger partial charge in [0, 0.05) is 11.5 Å². The molecule has 1 aliphatic heterocycles. The van der Waals surface area contributed by atoms with Gasteiger partial charge in [0.2, 0.25) is 11.0 Å². The summed E-state index contributed by atoms with van der Waals surface area (Å²) in [6.45, 7) is 5.94. The first kappa shape index (κ1) is 17.8. The summed E-state index contributed by atoms with van der Waals surface area (Å²) in [6.07, 6.45) is 1.77. The smallest absolute Gasteiger partial charge is 0.229 e. The number of aryl methyl sites for hydroxylation is 2. The van der Waals surface area contributed by atoms with Gasteiger partial charge in [-0.05, 0) is 51.9 Å². The number of aromatic nitrogens is 2. The van der Waals surface area contributed by atoms with E-state index in [1.807, 2.05) is 0 Å². The molecule has 1 fully saturated rings. The normalized spacial score (nSPS) is 15.0. The van der Waals surface area contributed by atoms with Gasteiger partial charge in [0.25, 0.3) is 0 Å². The summed E-state index contributed by atoms with van der Waals surface area (Å²) in [5, 5.41) is 15.9. The van der Waals surface area contributed by atoms with Crippen molar-refractivity contribution in [3.05, 3.63) is 29.3 Å². The Bertz CT molecular complexity index is 662. The Morgan fingerprint density at radius 2 is 1.83 bits per heavy atom. The number of piperidine rings is 1. The van der Waals surface area contributed by atoms with Crippen LogP contribution in [-0.4, -0.2) is 29.2 Å². The number of benzene rings is 1. The molecule has 23 heavy (non-hydrogen) atoms. The van der Waals surface area contributed by atoms with E-state index < -0.39 is 0 Å². The largest absolute Gasteiger partial charge is 0.317 e. The van der Waals surface area contributed by atoms with E-state index in [4.69, 9.17) is 0 Å². The monoisotopic (exact) mass is 352 g/mol. The lowest BCUT2D eigenvalue weighted by atomic mass is 9.97. The molecule has 1 amide bonds. The molecule has 5 nitrogen and oxygen atoms in total. The second-order valence-electron chi connectivity index (χ2n) is 5.80. The van der Waals surface area contributed by atoms with Crippen LogP contribution in [0.15, 0.2) is 18.2 Å². The first-order chi connectivity index (χ1) is 10.6. The van der Waals surface area contributed by atoms with Gasteiger partial charge in [0.1, 0.15) is 5.01 Å². The topological polar surface area (TPSA) is 66.9 Å². The summed E-state index contributed by atoms with van der Waals surface area (Å²) in [4.78, 5) is 12.2. The van der Waals surface area contributed by atoms with Gasteiger partial charge in [0.05, 0.1) is 0 Å². The summed E-state index contributed by atoms with van der Waals surface area (Å²) >= 11 is 1.43. The average Bonchev–Trinajstić information content (AvgIpc) is 2.96. The highest BCUT2D eigenvalue weighted by atomic mass is 35.5. The van der Waals surface area contributed by atoms with Crippen molar-refractivity contribution in [2.45, 2.75) is 26.7 Å². The molecular formula is C16H21ClN4OS. The minimum atomic E-state index is 0. The van der Waals surface area contributed by atoms with Crippen molar-refractivity contribution in [2.24, 2.45) is 5.92 Å². The maximum Gasteiger partial charge on any atom is 0.229 e. The minimum absolute atomic E-state index is 0. The zero-order valence-electron chi connectivity index (χ0n) is 13.3. The van der Waals surface area contributed by atoms with Gasteiger partial charge < -0.3 is 10.6 Å². The Morgan fingerprint density at radius 1 is 1.17 bits per heavy atom. The molecule has 1 aromatic heterocycles. The van der Waals surface area contributed by atoms with Crippen LogP contribution in [0.5, 0.6) is 0 Å². The summed E-state index contributed by atoms with van der Waals surface area (Å²) in [6, 6.07) is 6.31. The standard InChI is InChI=1S/C16H20N4OS.ClH/c1-10-7-11(2)9-13(8-10)15-19-20-16(22-15)18-14(21)12-3-5-17-6-4-12;/h7-9,12,17H,3-6H2,1-2H3,(H,18,20,21);1H. The van der Waals surface area contributed by atoms with E-state index in [2.05, 4.69) is 52.9 Å². The molecule has 0 spiro atoms. The highest BCUT2D eigenvalue weighted by molar-refractivity contribution is 7.18. The number of anilines is 1. The van der Waals surface area contributed by atoms with Gasteiger partial charge in [-0.25, -0.2) is 0 Å². The molecule has 2 aromatic rings. The number of nitrogens with zero attached hydrogens (tertiary/aromatic N) is 2. The fourth-order valence-electron chi connectivity index (χ4n) is 2.78. The van der Waals surface area contributed by atoms with Crippen molar-refractivity contribution in [1.82, 2.24) is 15.5 Å².